The van der Waals surface area contributed by atoms with Crippen molar-refractivity contribution in [2.75, 3.05) is 6.61 Å². The van der Waals surface area contributed by atoms with Crippen molar-refractivity contribution >= 4 is 40.5 Å². The third-order valence-corrected chi connectivity index (χ3v) is 5.31. The Labute approximate surface area is 186 Å². The molecular weight excluding hydrogens is 477 g/mol. The first-order valence-corrected chi connectivity index (χ1v) is 11.2. The van der Waals surface area contributed by atoms with Crippen LogP contribution >= 0.6 is 22.6 Å². The number of carbonyl (C=O) groups excluding carboxylic acids is 1. The van der Waals surface area contributed by atoms with Gasteiger partial charge in [-0.1, -0.05) is 57.2 Å². The van der Waals surface area contributed by atoms with Gasteiger partial charge in [0.15, 0.2) is 5.70 Å². The highest BCUT2D eigenvalue weighted by Gasteiger charge is 2.24. The summed E-state index contributed by atoms with van der Waals surface area (Å²) in [6, 6.07) is 15.4. The van der Waals surface area contributed by atoms with Crippen LogP contribution in [0.15, 0.2) is 59.2 Å². The molecule has 3 rings (SSSR count). The lowest BCUT2D eigenvalue weighted by molar-refractivity contribution is -0.129. The molecule has 0 unspecified atom stereocenters. The van der Waals surface area contributed by atoms with Crippen LogP contribution in [-0.2, 0) is 9.53 Å². The van der Waals surface area contributed by atoms with Gasteiger partial charge in [-0.05, 0) is 71.0 Å². The molecule has 1 heterocycles. The van der Waals surface area contributed by atoms with E-state index in [1.165, 1.54) is 32.1 Å². The highest BCUT2D eigenvalue weighted by atomic mass is 127. The van der Waals surface area contributed by atoms with Crippen LogP contribution in [0.25, 0.3) is 6.08 Å². The highest BCUT2D eigenvalue weighted by Crippen LogP contribution is 2.21. The molecule has 0 N–H and O–H groups in total. The number of hydrogen-bond donors (Lipinski definition) is 0. The van der Waals surface area contributed by atoms with Gasteiger partial charge in [0.05, 0.1) is 6.61 Å². The molecule has 5 heteroatoms. The summed E-state index contributed by atoms with van der Waals surface area (Å²) in [5.41, 5.74) is 1.99. The van der Waals surface area contributed by atoms with Crippen LogP contribution in [0.2, 0.25) is 0 Å². The normalized spacial score (nSPS) is 14.8. The summed E-state index contributed by atoms with van der Waals surface area (Å²) in [6.45, 7) is 2.97. The lowest BCUT2D eigenvalue weighted by atomic mass is 10.1. The number of cyclic esters (lactones) is 1. The molecule has 0 atom stereocenters. The van der Waals surface area contributed by atoms with Crippen molar-refractivity contribution in [3.05, 3.63) is 68.9 Å². The molecule has 0 bridgehead atoms. The van der Waals surface area contributed by atoms with E-state index in [0.717, 1.165) is 33.5 Å². The van der Waals surface area contributed by atoms with E-state index >= 15 is 0 Å². The molecule has 4 nitrogen and oxygen atoms in total. The molecular formula is C24H26INO3. The number of nitrogens with zero attached hydrogens (tertiary/aromatic N) is 1. The topological polar surface area (TPSA) is 47.9 Å². The van der Waals surface area contributed by atoms with Gasteiger partial charge in [-0.15, -0.1) is 0 Å². The average Bonchev–Trinajstić information content (AvgIpc) is 3.09. The number of ether oxygens (including phenoxy) is 2. The molecule has 0 radical (unpaired) electrons. The summed E-state index contributed by atoms with van der Waals surface area (Å²) < 4.78 is 12.2. The van der Waals surface area contributed by atoms with E-state index in [2.05, 4.69) is 34.5 Å². The number of esters is 1. The van der Waals surface area contributed by atoms with Gasteiger partial charge in [0.2, 0.25) is 5.90 Å². The molecule has 0 saturated carbocycles. The van der Waals surface area contributed by atoms with Crippen molar-refractivity contribution in [1.82, 2.24) is 0 Å². The maximum Gasteiger partial charge on any atom is 0.363 e. The Balaban J connectivity index is 1.54. The van der Waals surface area contributed by atoms with E-state index in [-0.39, 0.29) is 0 Å². The molecule has 29 heavy (non-hydrogen) atoms. The largest absolute Gasteiger partial charge is 0.494 e. The van der Waals surface area contributed by atoms with E-state index in [4.69, 9.17) is 9.47 Å². The van der Waals surface area contributed by atoms with Gasteiger partial charge in [0.1, 0.15) is 5.75 Å². The minimum absolute atomic E-state index is 0.305. The highest BCUT2D eigenvalue weighted by molar-refractivity contribution is 14.1. The second-order valence-corrected chi connectivity index (χ2v) is 8.28. The van der Waals surface area contributed by atoms with Crippen LogP contribution in [0.4, 0.5) is 0 Å². The van der Waals surface area contributed by atoms with E-state index < -0.39 is 5.97 Å². The van der Waals surface area contributed by atoms with Crippen molar-refractivity contribution in [3.8, 4) is 5.75 Å². The van der Waals surface area contributed by atoms with Gasteiger partial charge >= 0.3 is 5.97 Å². The fraction of sp³-hybridized carbons (Fsp3) is 0.333. The summed E-state index contributed by atoms with van der Waals surface area (Å²) in [6.07, 6.45) is 9.22. The molecule has 0 fully saturated rings. The van der Waals surface area contributed by atoms with Crippen LogP contribution < -0.4 is 4.74 Å². The molecule has 0 aliphatic carbocycles. The molecule has 0 amide bonds. The van der Waals surface area contributed by atoms with Gasteiger partial charge in [0.25, 0.3) is 0 Å². The molecule has 2 aromatic rings. The lowest BCUT2D eigenvalue weighted by Gasteiger charge is -2.06. The van der Waals surface area contributed by atoms with Crippen molar-refractivity contribution < 1.29 is 14.3 Å². The number of aliphatic imine (C=N–C) groups is 1. The molecule has 2 aromatic carbocycles. The zero-order valence-corrected chi connectivity index (χ0v) is 18.9. The predicted molar refractivity (Wildman–Crippen MR) is 125 cm³/mol. The fourth-order valence-corrected chi connectivity index (χ4v) is 3.59. The molecule has 0 aromatic heterocycles. The van der Waals surface area contributed by atoms with Crippen molar-refractivity contribution in [2.45, 2.75) is 45.4 Å². The zero-order valence-electron chi connectivity index (χ0n) is 16.7. The monoisotopic (exact) mass is 503 g/mol. The number of carbonyl (C=O) groups is 1. The first-order valence-electron chi connectivity index (χ1n) is 10.2. The van der Waals surface area contributed by atoms with Crippen molar-refractivity contribution in [2.24, 2.45) is 4.99 Å². The van der Waals surface area contributed by atoms with E-state index in [9.17, 15) is 4.79 Å². The number of benzene rings is 2. The number of rotatable bonds is 10. The van der Waals surface area contributed by atoms with Crippen LogP contribution in [0.3, 0.4) is 0 Å². The number of unbranched alkanes of at least 4 members (excludes halogenated alkanes) is 5. The third-order valence-electron chi connectivity index (χ3n) is 4.64. The SMILES string of the molecule is CCCCCCCCOc1ccc(/C=C2\N=C(c3cccc(I)c3)OC2=O)cc1. The standard InChI is InChI=1S/C24H26INO3/c1-2-3-4-5-6-7-15-28-21-13-11-18(12-14-21)16-22-24(27)29-23(26-22)19-9-8-10-20(25)17-19/h8-14,16-17H,2-7,15H2,1H3/b22-16-. The Kier molecular flexibility index (Phi) is 8.28. The Morgan fingerprint density at radius 2 is 1.79 bits per heavy atom. The smallest absolute Gasteiger partial charge is 0.363 e. The Morgan fingerprint density at radius 3 is 2.55 bits per heavy atom. The van der Waals surface area contributed by atoms with E-state index in [0.29, 0.717) is 11.6 Å². The molecule has 1 aliphatic rings. The molecule has 0 saturated heterocycles. The summed E-state index contributed by atoms with van der Waals surface area (Å²) in [5, 5.41) is 0. The summed E-state index contributed by atoms with van der Waals surface area (Å²) in [4.78, 5) is 16.5. The van der Waals surface area contributed by atoms with Crippen LogP contribution in [0, 0.1) is 3.57 Å². The lowest BCUT2D eigenvalue weighted by Crippen LogP contribution is -2.05. The van der Waals surface area contributed by atoms with Crippen molar-refractivity contribution in [1.29, 1.82) is 0 Å². The Morgan fingerprint density at radius 1 is 1.03 bits per heavy atom. The summed E-state index contributed by atoms with van der Waals surface area (Å²) >= 11 is 2.22. The fourth-order valence-electron chi connectivity index (χ4n) is 3.04. The first-order chi connectivity index (χ1) is 14.2. The second kappa shape index (κ2) is 11.1. The minimum atomic E-state index is -0.428. The van der Waals surface area contributed by atoms with Gasteiger partial charge in [-0.2, -0.15) is 0 Å². The quantitative estimate of drug-likeness (QED) is 0.164. The van der Waals surface area contributed by atoms with Crippen LogP contribution in [-0.4, -0.2) is 18.5 Å². The van der Waals surface area contributed by atoms with Crippen LogP contribution in [0.1, 0.15) is 56.6 Å². The maximum absolute atomic E-state index is 12.2. The van der Waals surface area contributed by atoms with Crippen molar-refractivity contribution in [3.63, 3.8) is 0 Å². The van der Waals surface area contributed by atoms with Gasteiger partial charge in [0, 0.05) is 9.13 Å². The predicted octanol–water partition coefficient (Wildman–Crippen LogP) is 6.38. The van der Waals surface area contributed by atoms with E-state index in [1.54, 1.807) is 6.08 Å². The van der Waals surface area contributed by atoms with Crippen LogP contribution in [0.5, 0.6) is 5.75 Å². The second-order valence-electron chi connectivity index (χ2n) is 7.03. The Hall–Kier alpha value is -2.15. The van der Waals surface area contributed by atoms with Gasteiger partial charge < -0.3 is 9.47 Å². The minimum Gasteiger partial charge on any atom is -0.494 e. The molecule has 152 valence electrons. The van der Waals surface area contributed by atoms with Gasteiger partial charge in [-0.3, -0.25) is 0 Å². The first kappa shape index (κ1) is 21.6. The summed E-state index contributed by atoms with van der Waals surface area (Å²) in [7, 11) is 0. The zero-order chi connectivity index (χ0) is 20.5. The number of halogens is 1. The van der Waals surface area contributed by atoms with E-state index in [1.807, 2.05) is 48.5 Å². The average molecular weight is 503 g/mol. The third kappa shape index (κ3) is 6.70. The molecule has 1 aliphatic heterocycles. The molecule has 0 spiro atoms. The summed E-state index contributed by atoms with van der Waals surface area (Å²) in [5.74, 6) is 0.763. The van der Waals surface area contributed by atoms with Gasteiger partial charge in [-0.25, -0.2) is 9.79 Å². The number of hydrogen-bond acceptors (Lipinski definition) is 4. The maximum atomic E-state index is 12.2. The Bertz CT molecular complexity index is 887.